The number of esters is 4. The molecule has 0 aliphatic carbocycles. The average molecular weight is 336 g/mol. The Morgan fingerprint density at radius 3 is 2.08 bits per heavy atom. The quantitative estimate of drug-likeness (QED) is 0.593. The van der Waals surface area contributed by atoms with Crippen LogP contribution >= 0.6 is 0 Å². The van der Waals surface area contributed by atoms with E-state index in [0.29, 0.717) is 12.8 Å². The number of carbonyl (C=O) groups excluding carboxylic acids is 4. The highest BCUT2D eigenvalue weighted by Crippen LogP contribution is 2.35. The molecule has 0 saturated heterocycles. The molecule has 0 spiro atoms. The first-order valence-electron chi connectivity index (χ1n) is 7.23. The Morgan fingerprint density at radius 2 is 1.50 bits per heavy atom. The Balaban J connectivity index is 2.67. The van der Waals surface area contributed by atoms with Gasteiger partial charge in [-0.25, -0.2) is 9.59 Å². The molecule has 24 heavy (non-hydrogen) atoms. The van der Waals surface area contributed by atoms with Gasteiger partial charge in [-0.15, -0.1) is 0 Å². The van der Waals surface area contributed by atoms with Crippen molar-refractivity contribution in [1.29, 1.82) is 0 Å². The van der Waals surface area contributed by atoms with E-state index in [0.717, 1.165) is 14.2 Å². The van der Waals surface area contributed by atoms with Crippen LogP contribution in [0.5, 0.6) is 11.5 Å². The van der Waals surface area contributed by atoms with Gasteiger partial charge in [0.05, 0.1) is 14.2 Å². The van der Waals surface area contributed by atoms with E-state index in [4.69, 9.17) is 9.47 Å². The summed E-state index contributed by atoms with van der Waals surface area (Å²) in [6.45, 7) is 0. The van der Waals surface area contributed by atoms with E-state index in [2.05, 4.69) is 9.47 Å². The number of methoxy groups -OCH3 is 2. The Kier molecular flexibility index (Phi) is 5.51. The molecule has 1 aliphatic heterocycles. The number of hydrogen-bond acceptors (Lipinski definition) is 8. The Hall–Kier alpha value is -2.90. The lowest BCUT2D eigenvalue weighted by Crippen LogP contribution is -2.17. The number of benzene rings is 1. The van der Waals surface area contributed by atoms with Crippen LogP contribution in [0.15, 0.2) is 12.1 Å². The molecule has 2 rings (SSSR count). The summed E-state index contributed by atoms with van der Waals surface area (Å²) >= 11 is 0. The zero-order chi connectivity index (χ0) is 17.7. The maximum absolute atomic E-state index is 12.1. The number of hydrogen-bond donors (Lipinski definition) is 0. The third-order valence-corrected chi connectivity index (χ3v) is 3.37. The lowest BCUT2D eigenvalue weighted by atomic mass is 10.1. The fraction of sp³-hybridized carbons (Fsp3) is 0.375. The van der Waals surface area contributed by atoms with Crippen LogP contribution < -0.4 is 9.47 Å². The summed E-state index contributed by atoms with van der Waals surface area (Å²) in [4.78, 5) is 47.8. The molecule has 1 aliphatic rings. The molecule has 128 valence electrons. The maximum Gasteiger partial charge on any atom is 0.345 e. The lowest BCUT2D eigenvalue weighted by molar-refractivity contribution is -0.136. The van der Waals surface area contributed by atoms with Crippen LogP contribution in [-0.4, -0.2) is 38.1 Å². The molecular weight excluding hydrogens is 320 g/mol. The van der Waals surface area contributed by atoms with E-state index in [-0.39, 0.29) is 35.5 Å². The van der Waals surface area contributed by atoms with E-state index < -0.39 is 23.9 Å². The van der Waals surface area contributed by atoms with E-state index in [9.17, 15) is 19.2 Å². The molecule has 2 bridgehead atoms. The third-order valence-electron chi connectivity index (χ3n) is 3.37. The molecule has 0 saturated carbocycles. The van der Waals surface area contributed by atoms with Crippen LogP contribution in [0.25, 0.3) is 0 Å². The van der Waals surface area contributed by atoms with Crippen LogP contribution in [-0.2, 0) is 19.1 Å². The van der Waals surface area contributed by atoms with Gasteiger partial charge < -0.3 is 18.9 Å². The van der Waals surface area contributed by atoms with Crippen molar-refractivity contribution in [2.45, 2.75) is 25.7 Å². The minimum Gasteiger partial charge on any atom is -0.465 e. The molecule has 1 heterocycles. The molecule has 0 atom stereocenters. The molecule has 0 fully saturated rings. The molecule has 0 radical (unpaired) electrons. The summed E-state index contributed by atoms with van der Waals surface area (Å²) in [6, 6.07) is 2.51. The number of carbonyl (C=O) groups is 4. The van der Waals surface area contributed by atoms with Gasteiger partial charge in [-0.2, -0.15) is 0 Å². The lowest BCUT2D eigenvalue weighted by Gasteiger charge is -2.15. The van der Waals surface area contributed by atoms with Gasteiger partial charge in [0, 0.05) is 12.8 Å². The van der Waals surface area contributed by atoms with Crippen LogP contribution in [0.1, 0.15) is 46.4 Å². The van der Waals surface area contributed by atoms with Crippen molar-refractivity contribution in [3.8, 4) is 11.5 Å². The minimum absolute atomic E-state index is 0.0265. The summed E-state index contributed by atoms with van der Waals surface area (Å²) in [5.41, 5.74) is -0.464. The molecule has 0 N–H and O–H groups in total. The van der Waals surface area contributed by atoms with Crippen molar-refractivity contribution in [2.24, 2.45) is 0 Å². The van der Waals surface area contributed by atoms with Gasteiger partial charge >= 0.3 is 23.9 Å². The fourth-order valence-corrected chi connectivity index (χ4v) is 2.20. The molecule has 0 aromatic heterocycles. The first-order chi connectivity index (χ1) is 11.5. The van der Waals surface area contributed by atoms with E-state index in [1.165, 1.54) is 12.1 Å². The van der Waals surface area contributed by atoms with Crippen molar-refractivity contribution >= 4 is 23.9 Å². The SMILES string of the molecule is COC(=O)c1ccc2c(C(=O)OC)c1OC(=O)CCCCC(=O)O2. The minimum atomic E-state index is -0.911. The molecule has 0 amide bonds. The van der Waals surface area contributed by atoms with Gasteiger partial charge in [0.1, 0.15) is 16.9 Å². The second kappa shape index (κ2) is 7.58. The van der Waals surface area contributed by atoms with E-state index in [1.54, 1.807) is 0 Å². The van der Waals surface area contributed by atoms with Gasteiger partial charge in [-0.3, -0.25) is 9.59 Å². The van der Waals surface area contributed by atoms with Crippen molar-refractivity contribution in [2.75, 3.05) is 14.2 Å². The highest BCUT2D eigenvalue weighted by atomic mass is 16.6. The first-order valence-corrected chi connectivity index (χ1v) is 7.23. The summed E-state index contributed by atoms with van der Waals surface area (Å²) < 4.78 is 19.6. The van der Waals surface area contributed by atoms with Gasteiger partial charge in [0.2, 0.25) is 0 Å². The van der Waals surface area contributed by atoms with E-state index in [1.807, 2.05) is 0 Å². The highest BCUT2D eigenvalue weighted by Gasteiger charge is 2.29. The highest BCUT2D eigenvalue weighted by molar-refractivity contribution is 6.03. The van der Waals surface area contributed by atoms with Crippen LogP contribution in [0, 0.1) is 0 Å². The Bertz CT molecular complexity index is 692. The summed E-state index contributed by atoms with van der Waals surface area (Å²) in [5.74, 6) is -3.42. The zero-order valence-electron chi connectivity index (χ0n) is 13.2. The van der Waals surface area contributed by atoms with Gasteiger partial charge in [0.25, 0.3) is 0 Å². The molecule has 8 nitrogen and oxygen atoms in total. The second-order valence-electron chi connectivity index (χ2n) is 4.95. The number of ether oxygens (including phenoxy) is 4. The van der Waals surface area contributed by atoms with Gasteiger partial charge in [-0.05, 0) is 25.0 Å². The van der Waals surface area contributed by atoms with Crippen LogP contribution in [0.3, 0.4) is 0 Å². The monoisotopic (exact) mass is 336 g/mol. The second-order valence-corrected chi connectivity index (χ2v) is 4.95. The molecule has 1 aromatic rings. The normalized spacial score (nSPS) is 14.8. The van der Waals surface area contributed by atoms with Crippen LogP contribution in [0.4, 0.5) is 0 Å². The largest absolute Gasteiger partial charge is 0.465 e. The molecule has 1 aromatic carbocycles. The third kappa shape index (κ3) is 3.70. The molecule has 8 heteroatoms. The maximum atomic E-state index is 12.1. The average Bonchev–Trinajstić information content (AvgIpc) is 2.58. The Labute approximate surface area is 137 Å². The van der Waals surface area contributed by atoms with Crippen molar-refractivity contribution in [3.05, 3.63) is 23.3 Å². The number of fused-ring (bicyclic) bond motifs is 2. The standard InChI is InChI=1S/C16H16O8/c1-21-15(19)9-7-8-10-13(16(20)22-2)14(9)24-12(18)6-4-3-5-11(17)23-10/h7-8H,3-6H2,1-2H3. The number of rotatable bonds is 2. The summed E-state index contributed by atoms with van der Waals surface area (Å²) in [7, 11) is 2.26. The first kappa shape index (κ1) is 17.5. The van der Waals surface area contributed by atoms with Crippen molar-refractivity contribution < 1.29 is 38.1 Å². The summed E-state index contributed by atoms with van der Waals surface area (Å²) in [6.07, 6.45) is 0.952. The predicted molar refractivity (Wildman–Crippen MR) is 78.9 cm³/mol. The summed E-state index contributed by atoms with van der Waals surface area (Å²) in [5, 5.41) is 0. The van der Waals surface area contributed by atoms with Crippen molar-refractivity contribution in [1.82, 2.24) is 0 Å². The molecular formula is C16H16O8. The van der Waals surface area contributed by atoms with Crippen LogP contribution in [0.2, 0.25) is 0 Å². The predicted octanol–water partition coefficient (Wildman–Crippen LogP) is 1.64. The molecule has 0 unspecified atom stereocenters. The van der Waals surface area contributed by atoms with E-state index >= 15 is 0 Å². The van der Waals surface area contributed by atoms with Gasteiger partial charge in [-0.1, -0.05) is 0 Å². The van der Waals surface area contributed by atoms with Crippen molar-refractivity contribution in [3.63, 3.8) is 0 Å². The topological polar surface area (TPSA) is 105 Å². The fourth-order valence-electron chi connectivity index (χ4n) is 2.20. The smallest absolute Gasteiger partial charge is 0.345 e. The van der Waals surface area contributed by atoms with Gasteiger partial charge in [0.15, 0.2) is 5.75 Å². The zero-order valence-corrected chi connectivity index (χ0v) is 13.2. The Morgan fingerprint density at radius 1 is 0.917 bits per heavy atom.